The maximum Gasteiger partial charge on any atom is 0.311 e. The lowest BCUT2D eigenvalue weighted by molar-refractivity contribution is -0.134. The fraction of sp³-hybridized carbons (Fsp3) is 0.160. The van der Waals surface area contributed by atoms with E-state index in [2.05, 4.69) is 6.92 Å². The van der Waals surface area contributed by atoms with Gasteiger partial charge in [-0.25, -0.2) is 0 Å². The summed E-state index contributed by atoms with van der Waals surface area (Å²) in [5.74, 6) is 0.802. The summed E-state index contributed by atoms with van der Waals surface area (Å²) in [4.78, 5) is 11.5. The minimum Gasteiger partial charge on any atom is -0.508 e. The zero-order valence-electron chi connectivity index (χ0n) is 16.0. The molecule has 4 aromatic carbocycles. The van der Waals surface area contributed by atoms with Crippen LogP contribution < -0.4 is 4.74 Å². The molecule has 0 bridgehead atoms. The van der Waals surface area contributed by atoms with Crippen molar-refractivity contribution in [2.45, 2.75) is 26.2 Å². The number of unbranched alkanes of at least 4 members (excludes halogenated alkanes) is 1. The number of phenols is 1. The number of hydrogen-bond acceptors (Lipinski definition) is 3. The molecule has 0 saturated carbocycles. The van der Waals surface area contributed by atoms with Crippen molar-refractivity contribution >= 4 is 27.5 Å². The maximum atomic E-state index is 11.5. The first kappa shape index (κ1) is 19.4. The number of phenolic OH excluding ortho intramolecular Hbond substituents is 1. The molecule has 3 nitrogen and oxygen atoms in total. The van der Waals surface area contributed by atoms with Crippen LogP contribution in [0.2, 0.25) is 0 Å². The lowest BCUT2D eigenvalue weighted by Crippen LogP contribution is -2.07. The van der Waals surface area contributed by atoms with Crippen LogP contribution in [0.5, 0.6) is 11.5 Å². The van der Waals surface area contributed by atoms with Crippen molar-refractivity contribution in [1.29, 1.82) is 0 Å². The predicted octanol–water partition coefficient (Wildman–Crippen LogP) is 6.48. The van der Waals surface area contributed by atoms with Gasteiger partial charge < -0.3 is 9.84 Å². The molecule has 142 valence electrons. The van der Waals surface area contributed by atoms with Crippen molar-refractivity contribution in [3.63, 3.8) is 0 Å². The third kappa shape index (κ3) is 5.34. The predicted molar refractivity (Wildman–Crippen MR) is 115 cm³/mol. The van der Waals surface area contributed by atoms with Crippen LogP contribution in [0.1, 0.15) is 26.2 Å². The smallest absolute Gasteiger partial charge is 0.311 e. The summed E-state index contributed by atoms with van der Waals surface area (Å²) in [5, 5.41) is 13.6. The number of rotatable bonds is 4. The Morgan fingerprint density at radius 1 is 0.786 bits per heavy atom. The fourth-order valence-electron chi connectivity index (χ4n) is 2.91. The van der Waals surface area contributed by atoms with Gasteiger partial charge in [-0.1, -0.05) is 74.0 Å². The molecule has 0 aliphatic rings. The quantitative estimate of drug-likeness (QED) is 0.329. The largest absolute Gasteiger partial charge is 0.508 e. The van der Waals surface area contributed by atoms with Crippen molar-refractivity contribution in [3.8, 4) is 11.5 Å². The molecule has 4 aromatic rings. The summed E-state index contributed by atoms with van der Waals surface area (Å²) in [6.45, 7) is 2.06. The van der Waals surface area contributed by atoms with Gasteiger partial charge in [-0.2, -0.15) is 0 Å². The van der Waals surface area contributed by atoms with E-state index in [4.69, 9.17) is 9.84 Å². The molecule has 3 heteroatoms. The molecule has 0 aromatic heterocycles. The van der Waals surface area contributed by atoms with Gasteiger partial charge in [0, 0.05) is 6.42 Å². The molecule has 0 unspecified atom stereocenters. The van der Waals surface area contributed by atoms with Gasteiger partial charge in [0.1, 0.15) is 11.5 Å². The molecule has 0 radical (unpaired) electrons. The highest BCUT2D eigenvalue weighted by Crippen LogP contribution is 2.21. The van der Waals surface area contributed by atoms with Crippen LogP contribution in [0.15, 0.2) is 84.9 Å². The topological polar surface area (TPSA) is 46.5 Å². The first-order valence-corrected chi connectivity index (χ1v) is 9.53. The van der Waals surface area contributed by atoms with E-state index in [9.17, 15) is 4.79 Å². The normalized spacial score (nSPS) is 10.3. The second-order valence-electron chi connectivity index (χ2n) is 6.62. The molecule has 0 fully saturated rings. The van der Waals surface area contributed by atoms with E-state index in [0.717, 1.165) is 34.4 Å². The SMILES string of the molecule is CCCCC(=O)Oc1ccc2ccccc2c1.Oc1ccc2ccccc2c1. The number of carbonyl (C=O) groups is 1. The third-order valence-electron chi connectivity index (χ3n) is 4.42. The molecule has 4 rings (SSSR count). The number of fused-ring (bicyclic) bond motifs is 2. The van der Waals surface area contributed by atoms with E-state index >= 15 is 0 Å². The average Bonchev–Trinajstić information content (AvgIpc) is 2.72. The van der Waals surface area contributed by atoms with Gasteiger partial charge in [-0.05, 0) is 52.2 Å². The van der Waals surface area contributed by atoms with Gasteiger partial charge in [0.15, 0.2) is 0 Å². The highest BCUT2D eigenvalue weighted by atomic mass is 16.5. The van der Waals surface area contributed by atoms with Gasteiger partial charge in [-0.15, -0.1) is 0 Å². The minimum absolute atomic E-state index is 0.151. The number of aromatic hydroxyl groups is 1. The Labute approximate surface area is 165 Å². The Morgan fingerprint density at radius 3 is 2.00 bits per heavy atom. The lowest BCUT2D eigenvalue weighted by atomic mass is 10.1. The van der Waals surface area contributed by atoms with Crippen LogP contribution in [-0.2, 0) is 4.79 Å². The standard InChI is InChI=1S/C15H16O2.C10H8O/c1-2-3-8-15(16)17-14-10-9-12-6-4-5-7-13(12)11-14;11-10-6-5-8-3-1-2-4-9(8)7-10/h4-7,9-11H,2-3,8H2,1H3;1-7,11H. The molecule has 0 aliphatic carbocycles. The maximum absolute atomic E-state index is 11.5. The van der Waals surface area contributed by atoms with Crippen molar-refractivity contribution < 1.29 is 14.6 Å². The molecule has 1 N–H and O–H groups in total. The highest BCUT2D eigenvalue weighted by molar-refractivity contribution is 5.85. The monoisotopic (exact) mass is 372 g/mol. The molecular formula is C25H24O3. The van der Waals surface area contributed by atoms with Gasteiger partial charge in [0.05, 0.1) is 0 Å². The molecule has 0 heterocycles. The van der Waals surface area contributed by atoms with Crippen molar-refractivity contribution in [2.24, 2.45) is 0 Å². The summed E-state index contributed by atoms with van der Waals surface area (Å²) < 4.78 is 5.29. The minimum atomic E-state index is -0.151. The first-order valence-electron chi connectivity index (χ1n) is 9.53. The van der Waals surface area contributed by atoms with Crippen LogP contribution in [0.3, 0.4) is 0 Å². The van der Waals surface area contributed by atoms with Crippen molar-refractivity contribution in [2.75, 3.05) is 0 Å². The van der Waals surface area contributed by atoms with Crippen molar-refractivity contribution in [1.82, 2.24) is 0 Å². The lowest BCUT2D eigenvalue weighted by Gasteiger charge is -2.05. The van der Waals surface area contributed by atoms with E-state index in [-0.39, 0.29) is 5.97 Å². The average molecular weight is 372 g/mol. The third-order valence-corrected chi connectivity index (χ3v) is 4.42. The van der Waals surface area contributed by atoms with Gasteiger partial charge in [0.25, 0.3) is 0 Å². The molecule has 0 saturated heterocycles. The van der Waals surface area contributed by atoms with Crippen LogP contribution in [0.25, 0.3) is 21.5 Å². The summed E-state index contributed by atoms with van der Waals surface area (Å²) in [5.41, 5.74) is 0. The van der Waals surface area contributed by atoms with Crippen LogP contribution in [0, 0.1) is 0 Å². The molecular weight excluding hydrogens is 348 g/mol. The number of esters is 1. The molecule has 0 atom stereocenters. The second-order valence-corrected chi connectivity index (χ2v) is 6.62. The molecule has 28 heavy (non-hydrogen) atoms. The highest BCUT2D eigenvalue weighted by Gasteiger charge is 2.04. The van der Waals surface area contributed by atoms with Gasteiger partial charge >= 0.3 is 5.97 Å². The van der Waals surface area contributed by atoms with E-state index in [1.807, 2.05) is 72.8 Å². The first-order chi connectivity index (χ1) is 13.7. The molecule has 0 aliphatic heterocycles. The van der Waals surface area contributed by atoms with Crippen LogP contribution in [0.4, 0.5) is 0 Å². The fourth-order valence-corrected chi connectivity index (χ4v) is 2.91. The Kier molecular flexibility index (Phi) is 6.64. The van der Waals surface area contributed by atoms with E-state index in [1.54, 1.807) is 12.1 Å². The Hall–Kier alpha value is -3.33. The van der Waals surface area contributed by atoms with E-state index in [0.29, 0.717) is 17.9 Å². The second kappa shape index (κ2) is 9.56. The molecule has 0 amide bonds. The summed E-state index contributed by atoms with van der Waals surface area (Å²) in [6, 6.07) is 27.0. The van der Waals surface area contributed by atoms with Gasteiger partial charge in [0.2, 0.25) is 0 Å². The zero-order valence-corrected chi connectivity index (χ0v) is 16.0. The summed E-state index contributed by atoms with van der Waals surface area (Å²) >= 11 is 0. The number of carbonyl (C=O) groups excluding carboxylic acids is 1. The Balaban J connectivity index is 0.000000176. The molecule has 0 spiro atoms. The zero-order chi connectivity index (χ0) is 19.8. The van der Waals surface area contributed by atoms with E-state index in [1.165, 1.54) is 0 Å². The van der Waals surface area contributed by atoms with Crippen molar-refractivity contribution in [3.05, 3.63) is 84.9 Å². The summed E-state index contributed by atoms with van der Waals surface area (Å²) in [7, 11) is 0. The van der Waals surface area contributed by atoms with Gasteiger partial charge in [-0.3, -0.25) is 4.79 Å². The number of ether oxygens (including phenoxy) is 1. The summed E-state index contributed by atoms with van der Waals surface area (Å²) in [6.07, 6.45) is 2.38. The Bertz CT molecular complexity index is 1070. The van der Waals surface area contributed by atoms with Crippen LogP contribution in [-0.4, -0.2) is 11.1 Å². The van der Waals surface area contributed by atoms with Crippen LogP contribution >= 0.6 is 0 Å². The van der Waals surface area contributed by atoms with E-state index < -0.39 is 0 Å². The number of hydrogen-bond donors (Lipinski definition) is 1. The Morgan fingerprint density at radius 2 is 1.36 bits per heavy atom. The number of benzene rings is 4.